The van der Waals surface area contributed by atoms with Crippen molar-refractivity contribution in [1.82, 2.24) is 0 Å². The van der Waals surface area contributed by atoms with Crippen LogP contribution in [0.15, 0.2) is 0 Å². The van der Waals surface area contributed by atoms with Gasteiger partial charge in [-0.2, -0.15) is 0 Å². The Kier molecular flexibility index (Phi) is 6.55. The highest BCUT2D eigenvalue weighted by atomic mass is 28.4. The molecule has 0 saturated heterocycles. The van der Waals surface area contributed by atoms with E-state index in [1.165, 1.54) is 0 Å². The second-order valence-corrected chi connectivity index (χ2v) is 6.62. The first-order valence-corrected chi connectivity index (χ1v) is 6.77. The Morgan fingerprint density at radius 1 is 1.14 bits per heavy atom. The topological polar surface area (TPSA) is 53.7 Å². The molecular formula is C9H23NO3Si. The summed E-state index contributed by atoms with van der Waals surface area (Å²) in [6.45, 7) is 4.84. The third-order valence-electron chi connectivity index (χ3n) is 2.81. The maximum absolute atomic E-state index is 5.66. The minimum Gasteiger partial charge on any atom is -0.377 e. The Bertz CT molecular complexity index is 145. The van der Waals surface area contributed by atoms with Gasteiger partial charge in [0.1, 0.15) is 0 Å². The molecule has 0 aliphatic rings. The molecule has 0 aromatic heterocycles. The van der Waals surface area contributed by atoms with E-state index in [4.69, 9.17) is 19.0 Å². The minimum absolute atomic E-state index is 0.271. The molecule has 0 heterocycles. The van der Waals surface area contributed by atoms with Crippen molar-refractivity contribution in [2.24, 2.45) is 11.7 Å². The zero-order valence-corrected chi connectivity index (χ0v) is 10.9. The van der Waals surface area contributed by atoms with Crippen molar-refractivity contribution >= 4 is 8.80 Å². The van der Waals surface area contributed by atoms with Gasteiger partial charge in [-0.25, -0.2) is 0 Å². The highest BCUT2D eigenvalue weighted by Gasteiger charge is 2.48. The summed E-state index contributed by atoms with van der Waals surface area (Å²) in [5, 5.41) is 0. The van der Waals surface area contributed by atoms with Gasteiger partial charge < -0.3 is 19.0 Å². The van der Waals surface area contributed by atoms with E-state index in [2.05, 4.69) is 13.8 Å². The van der Waals surface area contributed by atoms with Gasteiger partial charge >= 0.3 is 8.80 Å². The third-order valence-corrected chi connectivity index (χ3v) is 6.40. The normalized spacial score (nSPS) is 16.7. The predicted octanol–water partition coefficient (Wildman–Crippen LogP) is 1.24. The zero-order valence-electron chi connectivity index (χ0n) is 9.87. The minimum atomic E-state index is -2.51. The molecule has 0 aromatic rings. The quantitative estimate of drug-likeness (QED) is 0.657. The highest BCUT2D eigenvalue weighted by Crippen LogP contribution is 2.33. The molecule has 0 bridgehead atoms. The van der Waals surface area contributed by atoms with Crippen LogP contribution >= 0.6 is 0 Å². The lowest BCUT2D eigenvalue weighted by molar-refractivity contribution is 0.102. The predicted molar refractivity (Wildman–Crippen MR) is 59.0 cm³/mol. The largest absolute Gasteiger partial charge is 0.503 e. The molecule has 14 heavy (non-hydrogen) atoms. The van der Waals surface area contributed by atoms with Crippen LogP contribution in [0.3, 0.4) is 0 Å². The fourth-order valence-electron chi connectivity index (χ4n) is 1.87. The molecule has 0 fully saturated rings. The molecule has 2 unspecified atom stereocenters. The van der Waals surface area contributed by atoms with Crippen LogP contribution in [0.4, 0.5) is 0 Å². The molecule has 0 aromatic carbocycles. The average molecular weight is 221 g/mol. The van der Waals surface area contributed by atoms with E-state index in [0.717, 1.165) is 6.42 Å². The first-order chi connectivity index (χ1) is 6.61. The van der Waals surface area contributed by atoms with Crippen LogP contribution < -0.4 is 5.73 Å². The maximum Gasteiger partial charge on any atom is 0.503 e. The molecule has 0 aliphatic heterocycles. The van der Waals surface area contributed by atoms with E-state index < -0.39 is 8.80 Å². The molecule has 0 radical (unpaired) electrons. The van der Waals surface area contributed by atoms with Crippen LogP contribution in [0.5, 0.6) is 0 Å². The first kappa shape index (κ1) is 14.1. The van der Waals surface area contributed by atoms with Crippen LogP contribution in [0.1, 0.15) is 20.3 Å². The zero-order chi connectivity index (χ0) is 11.2. The Balaban J connectivity index is 4.73. The van der Waals surface area contributed by atoms with Crippen LogP contribution in [0.2, 0.25) is 5.54 Å². The van der Waals surface area contributed by atoms with Gasteiger partial charge in [0.2, 0.25) is 0 Å². The Hall–Kier alpha value is 0.0569. The maximum atomic E-state index is 5.66. The summed E-state index contributed by atoms with van der Waals surface area (Å²) in [6, 6.07) is 0. The fourth-order valence-corrected chi connectivity index (χ4v) is 4.61. The van der Waals surface area contributed by atoms with Crippen molar-refractivity contribution in [2.45, 2.75) is 25.8 Å². The molecule has 2 atom stereocenters. The van der Waals surface area contributed by atoms with Crippen LogP contribution in [-0.4, -0.2) is 36.7 Å². The van der Waals surface area contributed by atoms with Crippen molar-refractivity contribution in [3.05, 3.63) is 0 Å². The van der Waals surface area contributed by atoms with Crippen molar-refractivity contribution in [2.75, 3.05) is 27.9 Å². The van der Waals surface area contributed by atoms with Gasteiger partial charge in [-0.1, -0.05) is 13.8 Å². The first-order valence-electron chi connectivity index (χ1n) is 4.97. The monoisotopic (exact) mass is 221 g/mol. The van der Waals surface area contributed by atoms with E-state index in [0.29, 0.717) is 12.5 Å². The Morgan fingerprint density at radius 2 is 1.57 bits per heavy atom. The van der Waals surface area contributed by atoms with Gasteiger partial charge in [0.25, 0.3) is 0 Å². The fraction of sp³-hybridized carbons (Fsp3) is 1.00. The summed E-state index contributed by atoms with van der Waals surface area (Å²) in [4.78, 5) is 0. The molecule has 0 amide bonds. The molecule has 0 saturated carbocycles. The van der Waals surface area contributed by atoms with Gasteiger partial charge in [-0.3, -0.25) is 0 Å². The molecule has 2 N–H and O–H groups in total. The molecule has 0 spiro atoms. The number of rotatable bonds is 7. The van der Waals surface area contributed by atoms with Crippen molar-refractivity contribution in [3.8, 4) is 0 Å². The van der Waals surface area contributed by atoms with E-state index in [1.807, 2.05) is 0 Å². The molecule has 5 heteroatoms. The van der Waals surface area contributed by atoms with Gasteiger partial charge in [0, 0.05) is 26.9 Å². The van der Waals surface area contributed by atoms with E-state index in [9.17, 15) is 0 Å². The lowest BCUT2D eigenvalue weighted by atomic mass is 10.1. The molecular weight excluding hydrogens is 198 g/mol. The second-order valence-electron chi connectivity index (χ2n) is 3.44. The molecule has 4 nitrogen and oxygen atoms in total. The molecule has 0 rings (SSSR count). The van der Waals surface area contributed by atoms with Crippen LogP contribution in [-0.2, 0) is 13.3 Å². The summed E-state index contributed by atoms with van der Waals surface area (Å²) >= 11 is 0. The average Bonchev–Trinajstić information content (AvgIpc) is 2.25. The lowest BCUT2D eigenvalue weighted by Crippen LogP contribution is -2.50. The van der Waals surface area contributed by atoms with Gasteiger partial charge in [-0.15, -0.1) is 0 Å². The summed E-state index contributed by atoms with van der Waals surface area (Å²) < 4.78 is 16.4. The standard InChI is InChI=1S/C9H23NO3Si/c1-6-9(8(2)7-10)14(11-3,12-4)13-5/h8-9H,6-7,10H2,1-5H3. The second kappa shape index (κ2) is 6.52. The number of hydrogen-bond donors (Lipinski definition) is 1. The van der Waals surface area contributed by atoms with Crippen molar-refractivity contribution in [3.63, 3.8) is 0 Å². The summed E-state index contributed by atoms with van der Waals surface area (Å²) in [7, 11) is 2.42. The van der Waals surface area contributed by atoms with Gasteiger partial charge in [-0.05, 0) is 18.9 Å². The summed E-state index contributed by atoms with van der Waals surface area (Å²) in [5.74, 6) is 0.353. The van der Waals surface area contributed by atoms with E-state index in [1.54, 1.807) is 21.3 Å². The van der Waals surface area contributed by atoms with Crippen LogP contribution in [0.25, 0.3) is 0 Å². The Labute approximate surface area is 88.1 Å². The third kappa shape index (κ3) is 2.77. The van der Waals surface area contributed by atoms with Crippen molar-refractivity contribution in [1.29, 1.82) is 0 Å². The number of nitrogens with two attached hydrogens (primary N) is 1. The summed E-state index contributed by atoms with van der Waals surface area (Å²) in [5.41, 5.74) is 5.94. The van der Waals surface area contributed by atoms with E-state index in [-0.39, 0.29) is 5.54 Å². The SMILES string of the molecule is CCC(C(C)CN)[Si](OC)(OC)OC. The van der Waals surface area contributed by atoms with Gasteiger partial charge in [0.05, 0.1) is 0 Å². The molecule has 86 valence electrons. The Morgan fingerprint density at radius 3 is 1.79 bits per heavy atom. The number of hydrogen-bond acceptors (Lipinski definition) is 4. The smallest absolute Gasteiger partial charge is 0.377 e. The lowest BCUT2D eigenvalue weighted by Gasteiger charge is -2.34. The highest BCUT2D eigenvalue weighted by molar-refractivity contribution is 6.62. The van der Waals surface area contributed by atoms with E-state index >= 15 is 0 Å². The van der Waals surface area contributed by atoms with Crippen LogP contribution in [0, 0.1) is 5.92 Å². The summed E-state index contributed by atoms with van der Waals surface area (Å²) in [6.07, 6.45) is 0.958. The van der Waals surface area contributed by atoms with Crippen molar-refractivity contribution < 1.29 is 13.3 Å². The molecule has 0 aliphatic carbocycles. The van der Waals surface area contributed by atoms with Gasteiger partial charge in [0.15, 0.2) is 0 Å².